The number of amides is 2. The fraction of sp³-hybridized carbons (Fsp3) is 0.357. The average molecular weight is 1120 g/mol. The number of benzene rings is 4. The molecule has 3 saturated heterocycles. The van der Waals surface area contributed by atoms with E-state index in [1.807, 2.05) is 45.0 Å². The summed E-state index contributed by atoms with van der Waals surface area (Å²) in [7, 11) is 1.59. The number of β-amino-alcohol motifs (C(OH)–C–C–N with tert-alkyl or cyclic N) is 1. The molecule has 19 nitrogen and oxygen atoms in total. The van der Waals surface area contributed by atoms with Crippen molar-refractivity contribution in [2.24, 2.45) is 5.92 Å². The Morgan fingerprint density at radius 1 is 0.924 bits per heavy atom. The molecule has 0 saturated carbocycles. The molecule has 0 radical (unpaired) electrons. The van der Waals surface area contributed by atoms with Crippen molar-refractivity contribution in [1.82, 2.24) is 55.7 Å². The first-order chi connectivity index (χ1) is 38.2. The monoisotopic (exact) mass is 1120 g/mol. The number of nitrogens with zero attached hydrogens (tertiary/aromatic N) is 9. The van der Waals surface area contributed by atoms with Crippen LogP contribution >= 0.6 is 23.2 Å². The molecule has 4 aromatic carbocycles. The summed E-state index contributed by atoms with van der Waals surface area (Å²) in [6.07, 6.45) is 5.50. The molecule has 7 atom stereocenters. The lowest BCUT2D eigenvalue weighted by Gasteiger charge is -2.30. The van der Waals surface area contributed by atoms with Crippen LogP contribution in [0, 0.1) is 17.6 Å². The molecular weight excluding hydrogens is 1060 g/mol. The number of aliphatic hydroxyl groups is 2. The van der Waals surface area contributed by atoms with Crippen LogP contribution in [0.2, 0.25) is 10.0 Å². The van der Waals surface area contributed by atoms with Gasteiger partial charge in [0.2, 0.25) is 11.8 Å². The van der Waals surface area contributed by atoms with Gasteiger partial charge in [0.15, 0.2) is 5.75 Å². The van der Waals surface area contributed by atoms with E-state index in [9.17, 15) is 24.2 Å². The molecule has 11 rings (SSSR count). The lowest BCUT2D eigenvalue weighted by Crippen LogP contribution is -2.50. The van der Waals surface area contributed by atoms with Crippen molar-refractivity contribution in [3.63, 3.8) is 0 Å². The van der Waals surface area contributed by atoms with Crippen LogP contribution in [-0.4, -0.2) is 137 Å². The minimum Gasteiger partial charge on any atom is -0.486 e. The van der Waals surface area contributed by atoms with Gasteiger partial charge in [0.1, 0.15) is 54.0 Å². The molecule has 410 valence electrons. The molecule has 0 unspecified atom stereocenters. The first-order valence-electron chi connectivity index (χ1n) is 25.9. The number of methoxy groups -OCH3 is 1. The topological polar surface area (TPSA) is 231 Å². The van der Waals surface area contributed by atoms with Gasteiger partial charge in [-0.25, -0.2) is 13.5 Å². The number of H-pyrrole nitrogens is 1. The standard InChI is InChI=1S/C56H56Cl2F2N12O7/c1-28(2)51(55(76)71-23-36(74)16-46(71)54(75)64-45(25-73)33-11-9-31(10-12-33)37-13-14-61-21-42(37)60)72-24-44(68-69-72)32-7-5-30(6-8-32)27-78-52-48(47-39-20-63-67-43(39)18-41(59)49(47)58)40(57)17-38-50(52)65-56(79-26-29(3)77-4)66-53(38)70-22-34-15-35(70)19-62-34/h5-14,17-18,20-21,24,28-29,34-36,45-46,51,62,73-74H,15-16,19,22-23,25-27H2,1-4H3,(H,63,67)(H,64,75)/t29-,34-,35-,36+,45-,46-,51-/m0/s1. The average Bonchev–Trinajstić information content (AvgIpc) is 4.47. The summed E-state index contributed by atoms with van der Waals surface area (Å²) < 4.78 is 50.1. The molecule has 23 heteroatoms. The van der Waals surface area contributed by atoms with E-state index in [1.165, 1.54) is 21.8 Å². The van der Waals surface area contributed by atoms with Crippen molar-refractivity contribution < 1.29 is 42.8 Å². The van der Waals surface area contributed by atoms with Crippen LogP contribution in [0.5, 0.6) is 11.8 Å². The summed E-state index contributed by atoms with van der Waals surface area (Å²) in [6.45, 7) is 6.67. The van der Waals surface area contributed by atoms with Gasteiger partial charge in [-0.2, -0.15) is 15.1 Å². The van der Waals surface area contributed by atoms with Crippen LogP contribution in [0.4, 0.5) is 14.6 Å². The molecule has 8 aromatic rings. The smallest absolute Gasteiger partial charge is 0.319 e. The Morgan fingerprint density at radius 3 is 2.42 bits per heavy atom. The molecule has 3 fully saturated rings. The number of carbonyl (C=O) groups excluding carboxylic acids is 2. The number of nitrogens with one attached hydrogen (secondary N) is 3. The fourth-order valence-corrected chi connectivity index (χ4v) is 11.4. The molecule has 0 aliphatic carbocycles. The molecule has 0 spiro atoms. The maximum atomic E-state index is 15.7. The Hall–Kier alpha value is -7.40. The predicted octanol–water partition coefficient (Wildman–Crippen LogP) is 7.63. The molecule has 7 heterocycles. The Morgan fingerprint density at radius 2 is 1.71 bits per heavy atom. The lowest BCUT2D eigenvalue weighted by atomic mass is 9.98. The summed E-state index contributed by atoms with van der Waals surface area (Å²) in [5, 5.41) is 44.7. The summed E-state index contributed by atoms with van der Waals surface area (Å²) in [5.74, 6) is -1.66. The quantitative estimate of drug-likeness (QED) is 0.0556. The van der Waals surface area contributed by atoms with Crippen molar-refractivity contribution in [2.45, 2.75) is 82.6 Å². The summed E-state index contributed by atoms with van der Waals surface area (Å²) in [6, 6.07) is 16.5. The Kier molecular flexibility index (Phi) is 15.2. The minimum absolute atomic E-state index is 0.00922. The largest absolute Gasteiger partial charge is 0.486 e. The number of likely N-dealkylation sites (tertiary alicyclic amines) is 1. The van der Waals surface area contributed by atoms with Gasteiger partial charge in [0.05, 0.1) is 59.0 Å². The minimum atomic E-state index is -1.05. The van der Waals surface area contributed by atoms with E-state index >= 15 is 4.39 Å². The number of rotatable bonds is 18. The van der Waals surface area contributed by atoms with Gasteiger partial charge in [-0.3, -0.25) is 19.7 Å². The zero-order chi connectivity index (χ0) is 55.2. The first kappa shape index (κ1) is 53.6. The fourth-order valence-electron chi connectivity index (χ4n) is 10.8. The van der Waals surface area contributed by atoms with Gasteiger partial charge in [0, 0.05) is 90.5 Å². The van der Waals surface area contributed by atoms with Crippen molar-refractivity contribution in [3.05, 3.63) is 124 Å². The van der Waals surface area contributed by atoms with E-state index in [4.69, 9.17) is 47.4 Å². The SMILES string of the molecule is CO[C@@H](C)COc1nc(N2C[C@@H]3C[C@H]2CN3)c2cc(Cl)c(-c3c(Cl)c(F)cc4[nH]ncc34)c(OCc3ccc(-c4cn([C@H](C(=O)N5C[C@H](O)C[C@H]5C(=O)N[C@@H](CO)c5ccc(-c6ccncc6F)cc5)C(C)C)nn4)cc3)c2n1. The van der Waals surface area contributed by atoms with E-state index in [0.717, 1.165) is 24.7 Å². The Bertz CT molecular complexity index is 3570. The highest BCUT2D eigenvalue weighted by Gasteiger charge is 2.44. The van der Waals surface area contributed by atoms with E-state index in [0.29, 0.717) is 67.7 Å². The second kappa shape index (κ2) is 22.4. The van der Waals surface area contributed by atoms with E-state index in [2.05, 4.69) is 41.0 Å². The van der Waals surface area contributed by atoms with Crippen molar-refractivity contribution in [1.29, 1.82) is 0 Å². The molecule has 2 bridgehead atoms. The summed E-state index contributed by atoms with van der Waals surface area (Å²) in [5.41, 5.74) is 4.70. The number of aromatic amines is 1. The van der Waals surface area contributed by atoms with Crippen molar-refractivity contribution >= 4 is 62.6 Å². The number of piperazine rings is 1. The molecule has 3 aliphatic heterocycles. The number of aromatic nitrogens is 8. The Labute approximate surface area is 462 Å². The van der Waals surface area contributed by atoms with Crippen LogP contribution in [-0.2, 0) is 20.9 Å². The second-order valence-corrected chi connectivity index (χ2v) is 21.3. The number of halogens is 4. The molecule has 2 amide bonds. The van der Waals surface area contributed by atoms with Gasteiger partial charge in [0.25, 0.3) is 0 Å². The molecule has 5 N–H and O–H groups in total. The number of aliphatic hydroxyl groups excluding tert-OH is 2. The van der Waals surface area contributed by atoms with Gasteiger partial charge < -0.3 is 44.9 Å². The lowest BCUT2D eigenvalue weighted by molar-refractivity contribution is -0.142. The van der Waals surface area contributed by atoms with Crippen LogP contribution in [0.1, 0.15) is 56.8 Å². The highest BCUT2D eigenvalue weighted by atomic mass is 35.5. The number of ether oxygens (including phenoxy) is 3. The number of carbonyl (C=O) groups is 2. The van der Waals surface area contributed by atoms with Gasteiger partial charge in [-0.05, 0) is 48.1 Å². The number of hydrogen-bond acceptors (Lipinski definition) is 15. The van der Waals surface area contributed by atoms with Crippen molar-refractivity contribution in [3.8, 4) is 45.3 Å². The normalized spacial score (nSPS) is 19.2. The highest BCUT2D eigenvalue weighted by Crippen LogP contribution is 2.50. The third-order valence-corrected chi connectivity index (χ3v) is 15.7. The van der Waals surface area contributed by atoms with Crippen LogP contribution < -0.4 is 25.0 Å². The second-order valence-electron chi connectivity index (χ2n) is 20.5. The number of hydrogen-bond donors (Lipinski definition) is 5. The predicted molar refractivity (Wildman–Crippen MR) is 292 cm³/mol. The highest BCUT2D eigenvalue weighted by molar-refractivity contribution is 6.39. The maximum Gasteiger partial charge on any atom is 0.319 e. The number of pyridine rings is 1. The third-order valence-electron chi connectivity index (χ3n) is 15.0. The van der Waals surface area contributed by atoms with Gasteiger partial charge in [-0.15, -0.1) is 5.10 Å². The van der Waals surface area contributed by atoms with E-state index in [-0.39, 0.29) is 77.7 Å². The van der Waals surface area contributed by atoms with Crippen LogP contribution in [0.25, 0.3) is 55.3 Å². The van der Waals surface area contributed by atoms with Gasteiger partial charge in [-0.1, -0.05) is 90.8 Å². The molecule has 4 aromatic heterocycles. The third kappa shape index (κ3) is 10.5. The van der Waals surface area contributed by atoms with E-state index < -0.39 is 54.3 Å². The molecular formula is C56H56Cl2F2N12O7. The van der Waals surface area contributed by atoms with Crippen molar-refractivity contribution in [2.75, 3.05) is 44.9 Å². The maximum absolute atomic E-state index is 15.7. The summed E-state index contributed by atoms with van der Waals surface area (Å²) in [4.78, 5) is 45.8. The Balaban J connectivity index is 0.852. The number of fused-ring (bicyclic) bond motifs is 4. The van der Waals surface area contributed by atoms with Crippen LogP contribution in [0.15, 0.2) is 91.5 Å². The first-order valence-corrected chi connectivity index (χ1v) is 26.7. The van der Waals surface area contributed by atoms with Crippen LogP contribution in [0.3, 0.4) is 0 Å². The van der Waals surface area contributed by atoms with Gasteiger partial charge >= 0.3 is 6.01 Å². The van der Waals surface area contributed by atoms with E-state index in [1.54, 1.807) is 55.9 Å². The zero-order valence-electron chi connectivity index (χ0n) is 43.4. The number of anilines is 1. The molecule has 79 heavy (non-hydrogen) atoms. The molecule has 3 aliphatic rings. The zero-order valence-corrected chi connectivity index (χ0v) is 44.9. The summed E-state index contributed by atoms with van der Waals surface area (Å²) >= 11 is 14.1.